The van der Waals surface area contributed by atoms with E-state index in [1.807, 2.05) is 6.20 Å². The second-order valence-electron chi connectivity index (χ2n) is 5.78. The molecule has 1 aliphatic heterocycles. The van der Waals surface area contributed by atoms with Crippen LogP contribution in [0.2, 0.25) is 0 Å². The smallest absolute Gasteiger partial charge is 0.155 e. The van der Waals surface area contributed by atoms with Crippen LogP contribution < -0.4 is 0 Å². The van der Waals surface area contributed by atoms with E-state index >= 15 is 0 Å². The second-order valence-corrected chi connectivity index (χ2v) is 6.56. The minimum absolute atomic E-state index is 0.173. The van der Waals surface area contributed by atoms with Crippen molar-refractivity contribution in [3.63, 3.8) is 0 Å². The van der Waals surface area contributed by atoms with Gasteiger partial charge in [-0.3, -0.25) is 4.90 Å². The van der Waals surface area contributed by atoms with Gasteiger partial charge < -0.3 is 4.74 Å². The number of aromatic nitrogens is 3. The molecule has 114 valence electrons. The third-order valence-electron chi connectivity index (χ3n) is 4.00. The zero-order chi connectivity index (χ0) is 14.9. The van der Waals surface area contributed by atoms with Crippen molar-refractivity contribution >= 4 is 17.0 Å². The van der Waals surface area contributed by atoms with Crippen molar-refractivity contribution in [1.82, 2.24) is 19.5 Å². The lowest BCUT2D eigenvalue weighted by Gasteiger charge is -2.36. The number of pyridine rings is 1. The van der Waals surface area contributed by atoms with Crippen LogP contribution in [0.5, 0.6) is 0 Å². The van der Waals surface area contributed by atoms with Crippen molar-refractivity contribution in [1.29, 1.82) is 0 Å². The van der Waals surface area contributed by atoms with Gasteiger partial charge in [0.1, 0.15) is 6.33 Å². The molecule has 0 amide bonds. The third kappa shape index (κ3) is 2.77. The summed E-state index contributed by atoms with van der Waals surface area (Å²) in [6.45, 7) is 4.95. The maximum atomic E-state index is 6.09. The number of nitrogens with zero attached hydrogens (tertiary/aromatic N) is 4. The molecular formula is C16H18N4OS. The Labute approximate surface area is 133 Å². The van der Waals surface area contributed by atoms with Gasteiger partial charge in [0.25, 0.3) is 0 Å². The highest BCUT2D eigenvalue weighted by molar-refractivity contribution is 7.07. The number of hydrogen-bond acceptors (Lipinski definition) is 5. The van der Waals surface area contributed by atoms with Gasteiger partial charge in [-0.05, 0) is 47.0 Å². The first kappa shape index (κ1) is 13.9. The molecule has 1 saturated heterocycles. The monoisotopic (exact) mass is 314 g/mol. The van der Waals surface area contributed by atoms with Crippen molar-refractivity contribution in [2.45, 2.75) is 25.7 Å². The van der Waals surface area contributed by atoms with E-state index in [4.69, 9.17) is 4.74 Å². The SMILES string of the molecule is CC1CN(Cc2ccn3ncnc3c2)CC(c2ccsc2)O1. The summed E-state index contributed by atoms with van der Waals surface area (Å²) in [6.07, 6.45) is 3.97. The lowest BCUT2D eigenvalue weighted by atomic mass is 10.1. The first-order valence-electron chi connectivity index (χ1n) is 7.46. The van der Waals surface area contributed by atoms with Gasteiger partial charge in [0, 0.05) is 25.8 Å². The van der Waals surface area contributed by atoms with Crippen LogP contribution in [0, 0.1) is 0 Å². The molecule has 1 aliphatic rings. The number of rotatable bonds is 3. The Kier molecular flexibility index (Phi) is 3.65. The fourth-order valence-corrected chi connectivity index (χ4v) is 3.73. The second kappa shape index (κ2) is 5.79. The lowest BCUT2D eigenvalue weighted by molar-refractivity contribution is -0.0812. The van der Waals surface area contributed by atoms with E-state index < -0.39 is 0 Å². The highest BCUT2D eigenvalue weighted by atomic mass is 32.1. The van der Waals surface area contributed by atoms with E-state index in [1.165, 1.54) is 11.1 Å². The summed E-state index contributed by atoms with van der Waals surface area (Å²) in [5.41, 5.74) is 3.45. The summed E-state index contributed by atoms with van der Waals surface area (Å²) >= 11 is 1.73. The molecule has 3 aromatic rings. The predicted molar refractivity (Wildman–Crippen MR) is 85.9 cm³/mol. The molecule has 0 aliphatic carbocycles. The van der Waals surface area contributed by atoms with Gasteiger partial charge in [-0.25, -0.2) is 9.50 Å². The van der Waals surface area contributed by atoms with Gasteiger partial charge in [0.15, 0.2) is 5.65 Å². The van der Waals surface area contributed by atoms with Crippen LogP contribution >= 0.6 is 11.3 Å². The molecule has 2 atom stereocenters. The van der Waals surface area contributed by atoms with Crippen LogP contribution in [0.1, 0.15) is 24.2 Å². The quantitative estimate of drug-likeness (QED) is 0.745. The fraction of sp³-hybridized carbons (Fsp3) is 0.375. The van der Waals surface area contributed by atoms with Crippen LogP contribution in [0.3, 0.4) is 0 Å². The zero-order valence-corrected chi connectivity index (χ0v) is 13.2. The summed E-state index contributed by atoms with van der Waals surface area (Å²) in [4.78, 5) is 6.71. The molecule has 0 saturated carbocycles. The van der Waals surface area contributed by atoms with Crippen LogP contribution in [-0.4, -0.2) is 38.7 Å². The molecule has 4 rings (SSSR count). The molecule has 4 heterocycles. The molecule has 5 nitrogen and oxygen atoms in total. The van der Waals surface area contributed by atoms with E-state index in [0.29, 0.717) is 0 Å². The Morgan fingerprint density at radius 3 is 3.18 bits per heavy atom. The Hall–Kier alpha value is -1.76. The summed E-state index contributed by atoms with van der Waals surface area (Å²) < 4.78 is 7.89. The van der Waals surface area contributed by atoms with E-state index in [9.17, 15) is 0 Å². The van der Waals surface area contributed by atoms with Crippen molar-refractivity contribution < 1.29 is 4.74 Å². The topological polar surface area (TPSA) is 42.7 Å². The van der Waals surface area contributed by atoms with E-state index in [-0.39, 0.29) is 12.2 Å². The van der Waals surface area contributed by atoms with Gasteiger partial charge >= 0.3 is 0 Å². The highest BCUT2D eigenvalue weighted by Crippen LogP contribution is 2.27. The summed E-state index contributed by atoms with van der Waals surface area (Å²) in [5.74, 6) is 0. The Bertz CT molecular complexity index is 754. The third-order valence-corrected chi connectivity index (χ3v) is 4.70. The highest BCUT2D eigenvalue weighted by Gasteiger charge is 2.26. The first-order valence-corrected chi connectivity index (χ1v) is 8.40. The maximum Gasteiger partial charge on any atom is 0.155 e. The van der Waals surface area contributed by atoms with Gasteiger partial charge in [-0.2, -0.15) is 16.4 Å². The Morgan fingerprint density at radius 2 is 2.32 bits per heavy atom. The van der Waals surface area contributed by atoms with Crippen LogP contribution in [-0.2, 0) is 11.3 Å². The predicted octanol–water partition coefficient (Wildman–Crippen LogP) is 2.75. The van der Waals surface area contributed by atoms with E-state index in [0.717, 1.165) is 25.3 Å². The van der Waals surface area contributed by atoms with Gasteiger partial charge in [-0.1, -0.05) is 0 Å². The molecule has 22 heavy (non-hydrogen) atoms. The average Bonchev–Trinajstić information content (AvgIpc) is 3.18. The molecule has 6 heteroatoms. The van der Waals surface area contributed by atoms with Crippen molar-refractivity contribution in [2.75, 3.05) is 13.1 Å². The van der Waals surface area contributed by atoms with Crippen LogP contribution in [0.4, 0.5) is 0 Å². The molecule has 2 unspecified atom stereocenters. The summed E-state index contributed by atoms with van der Waals surface area (Å²) in [6, 6.07) is 6.38. The molecular weight excluding hydrogens is 296 g/mol. The lowest BCUT2D eigenvalue weighted by Crippen LogP contribution is -2.42. The van der Waals surface area contributed by atoms with E-state index in [1.54, 1.807) is 22.2 Å². The minimum atomic E-state index is 0.173. The first-order chi connectivity index (χ1) is 10.8. The number of fused-ring (bicyclic) bond motifs is 1. The van der Waals surface area contributed by atoms with Gasteiger partial charge in [0.2, 0.25) is 0 Å². The number of thiophene rings is 1. The van der Waals surface area contributed by atoms with Crippen molar-refractivity contribution in [3.8, 4) is 0 Å². The summed E-state index contributed by atoms with van der Waals surface area (Å²) in [7, 11) is 0. The largest absolute Gasteiger partial charge is 0.368 e. The van der Waals surface area contributed by atoms with Crippen LogP contribution in [0.25, 0.3) is 5.65 Å². The normalized spacial score (nSPS) is 23.1. The molecule has 0 bridgehead atoms. The molecule has 0 N–H and O–H groups in total. The molecule has 0 aromatic carbocycles. The zero-order valence-electron chi connectivity index (χ0n) is 12.4. The number of ether oxygens (including phenoxy) is 1. The van der Waals surface area contributed by atoms with E-state index in [2.05, 4.69) is 50.9 Å². The van der Waals surface area contributed by atoms with Crippen LogP contribution in [0.15, 0.2) is 41.5 Å². The Morgan fingerprint density at radius 1 is 1.36 bits per heavy atom. The standard InChI is InChI=1S/C16H18N4OS/c1-12-7-19(9-15(21-12)14-3-5-22-10-14)8-13-2-4-20-16(6-13)17-11-18-20/h2-6,10-12,15H,7-9H2,1H3. The maximum absolute atomic E-state index is 6.09. The molecule has 0 spiro atoms. The van der Waals surface area contributed by atoms with Gasteiger partial charge in [0.05, 0.1) is 12.2 Å². The number of morpholine rings is 1. The number of hydrogen-bond donors (Lipinski definition) is 0. The van der Waals surface area contributed by atoms with Gasteiger partial charge in [-0.15, -0.1) is 0 Å². The average molecular weight is 314 g/mol. The van der Waals surface area contributed by atoms with Crippen molar-refractivity contribution in [2.24, 2.45) is 0 Å². The van der Waals surface area contributed by atoms with Crippen molar-refractivity contribution in [3.05, 3.63) is 52.6 Å². The molecule has 1 fully saturated rings. The molecule has 0 radical (unpaired) electrons. The minimum Gasteiger partial charge on any atom is -0.368 e. The molecule has 3 aromatic heterocycles. The Balaban J connectivity index is 1.51. The fourth-order valence-electron chi connectivity index (χ4n) is 3.02. The summed E-state index contributed by atoms with van der Waals surface area (Å²) in [5, 5.41) is 8.43.